The molecule has 0 heterocycles. The van der Waals surface area contributed by atoms with Gasteiger partial charge in [0.2, 0.25) is 0 Å². The Bertz CT molecular complexity index is 394. The van der Waals surface area contributed by atoms with Crippen LogP contribution < -0.4 is 5.32 Å². The predicted molar refractivity (Wildman–Crippen MR) is 75.2 cm³/mol. The molecule has 19 heavy (non-hydrogen) atoms. The molecule has 1 aromatic carbocycles. The zero-order chi connectivity index (χ0) is 14.4. The predicted octanol–water partition coefficient (Wildman–Crippen LogP) is 3.35. The Morgan fingerprint density at radius 1 is 1.16 bits per heavy atom. The monoisotopic (exact) mass is 270 g/mol. The number of hydrogen-bond acceptors (Lipinski definition) is 2. The van der Waals surface area contributed by atoms with Crippen molar-refractivity contribution < 1.29 is 8.78 Å². The van der Waals surface area contributed by atoms with Crippen LogP contribution in [0.1, 0.15) is 38.8 Å². The van der Waals surface area contributed by atoms with Crippen molar-refractivity contribution in [3.8, 4) is 0 Å². The molecule has 1 rings (SSSR count). The van der Waals surface area contributed by atoms with Crippen molar-refractivity contribution in [2.75, 3.05) is 20.1 Å². The molecule has 1 aromatic rings. The molecule has 0 aliphatic heterocycles. The van der Waals surface area contributed by atoms with Crippen LogP contribution in [0.4, 0.5) is 8.78 Å². The molecule has 0 saturated carbocycles. The minimum absolute atomic E-state index is 0.0273. The average molecular weight is 270 g/mol. The molecular weight excluding hydrogens is 246 g/mol. The van der Waals surface area contributed by atoms with Crippen molar-refractivity contribution in [2.45, 2.75) is 39.3 Å². The Morgan fingerprint density at radius 3 is 2.42 bits per heavy atom. The van der Waals surface area contributed by atoms with E-state index in [1.807, 2.05) is 6.92 Å². The Balaban J connectivity index is 2.35. The van der Waals surface area contributed by atoms with Gasteiger partial charge in [0.15, 0.2) is 11.6 Å². The molecule has 2 nitrogen and oxygen atoms in total. The number of benzene rings is 1. The van der Waals surface area contributed by atoms with Crippen molar-refractivity contribution in [3.05, 3.63) is 35.4 Å². The van der Waals surface area contributed by atoms with Gasteiger partial charge >= 0.3 is 0 Å². The van der Waals surface area contributed by atoms with Crippen molar-refractivity contribution >= 4 is 0 Å². The highest BCUT2D eigenvalue weighted by Gasteiger charge is 2.09. The number of nitrogens with zero attached hydrogens (tertiary/aromatic N) is 1. The smallest absolute Gasteiger partial charge is 0.159 e. The number of hydrogen-bond donors (Lipinski definition) is 1. The zero-order valence-electron chi connectivity index (χ0n) is 12.2. The van der Waals surface area contributed by atoms with E-state index in [9.17, 15) is 8.78 Å². The third-order valence-corrected chi connectivity index (χ3v) is 3.46. The van der Waals surface area contributed by atoms with E-state index >= 15 is 0 Å². The van der Waals surface area contributed by atoms with E-state index in [-0.39, 0.29) is 6.04 Å². The van der Waals surface area contributed by atoms with E-state index in [4.69, 9.17) is 0 Å². The minimum atomic E-state index is -0.797. The maximum Gasteiger partial charge on any atom is 0.159 e. The van der Waals surface area contributed by atoms with Crippen LogP contribution in [0.3, 0.4) is 0 Å². The van der Waals surface area contributed by atoms with Crippen molar-refractivity contribution in [1.82, 2.24) is 10.2 Å². The second kappa shape index (κ2) is 7.56. The van der Waals surface area contributed by atoms with Gasteiger partial charge in [0.25, 0.3) is 0 Å². The summed E-state index contributed by atoms with van der Waals surface area (Å²) in [6.07, 6.45) is 1.03. The van der Waals surface area contributed by atoms with Crippen molar-refractivity contribution in [3.63, 3.8) is 0 Å². The Kier molecular flexibility index (Phi) is 6.38. The highest BCUT2D eigenvalue weighted by molar-refractivity contribution is 5.20. The summed E-state index contributed by atoms with van der Waals surface area (Å²) in [4.78, 5) is 2.28. The third-order valence-electron chi connectivity index (χ3n) is 3.46. The van der Waals surface area contributed by atoms with Crippen LogP contribution in [0.15, 0.2) is 18.2 Å². The molecule has 0 aromatic heterocycles. The maximum atomic E-state index is 13.1. The molecule has 108 valence electrons. The SMILES string of the molecule is CC(NCCCN(C)C(C)C)c1ccc(F)c(F)c1. The first-order valence-electron chi connectivity index (χ1n) is 6.80. The molecule has 0 saturated heterocycles. The summed E-state index contributed by atoms with van der Waals surface area (Å²) in [5, 5.41) is 3.32. The molecule has 0 amide bonds. The lowest BCUT2D eigenvalue weighted by atomic mass is 10.1. The molecular formula is C15H24F2N2. The summed E-state index contributed by atoms with van der Waals surface area (Å²) in [5.41, 5.74) is 0.774. The molecule has 0 fully saturated rings. The first-order valence-corrected chi connectivity index (χ1v) is 6.80. The number of halogens is 2. The lowest BCUT2D eigenvalue weighted by molar-refractivity contribution is 0.268. The van der Waals surface area contributed by atoms with Crippen LogP contribution in [0.25, 0.3) is 0 Å². The van der Waals surface area contributed by atoms with Crippen LogP contribution in [-0.2, 0) is 0 Å². The molecule has 0 bridgehead atoms. The van der Waals surface area contributed by atoms with Gasteiger partial charge in [-0.25, -0.2) is 8.78 Å². The van der Waals surface area contributed by atoms with Gasteiger partial charge in [-0.1, -0.05) is 6.07 Å². The van der Waals surface area contributed by atoms with Crippen molar-refractivity contribution in [2.24, 2.45) is 0 Å². The van der Waals surface area contributed by atoms with Crippen LogP contribution in [-0.4, -0.2) is 31.1 Å². The standard InChI is InChI=1S/C15H24F2N2/c1-11(2)19(4)9-5-8-18-12(3)13-6-7-14(16)15(17)10-13/h6-7,10-12,18H,5,8-9H2,1-4H3. The first kappa shape index (κ1) is 16.1. The zero-order valence-corrected chi connectivity index (χ0v) is 12.2. The summed E-state index contributed by atoms with van der Waals surface area (Å²) in [6.45, 7) is 8.17. The third kappa shape index (κ3) is 5.25. The number of rotatable bonds is 7. The average Bonchev–Trinajstić information content (AvgIpc) is 2.37. The van der Waals surface area contributed by atoms with Gasteiger partial charge in [-0.3, -0.25) is 0 Å². The molecule has 1 atom stereocenters. The highest BCUT2D eigenvalue weighted by atomic mass is 19.2. The van der Waals surface area contributed by atoms with Crippen LogP contribution in [0, 0.1) is 11.6 Å². The lowest BCUT2D eigenvalue weighted by Crippen LogP contribution is -2.30. The van der Waals surface area contributed by atoms with E-state index in [1.165, 1.54) is 12.1 Å². The summed E-state index contributed by atoms with van der Waals surface area (Å²) in [7, 11) is 2.10. The normalized spacial score (nSPS) is 13.3. The molecule has 4 heteroatoms. The maximum absolute atomic E-state index is 13.1. The molecule has 1 N–H and O–H groups in total. The quantitative estimate of drug-likeness (QED) is 0.764. The second-order valence-corrected chi connectivity index (χ2v) is 5.28. The van der Waals surface area contributed by atoms with Gasteiger partial charge in [0, 0.05) is 12.1 Å². The largest absolute Gasteiger partial charge is 0.310 e. The van der Waals surface area contributed by atoms with E-state index in [1.54, 1.807) is 6.07 Å². The van der Waals surface area contributed by atoms with Crippen LogP contribution in [0.2, 0.25) is 0 Å². The Hall–Kier alpha value is -1.00. The summed E-state index contributed by atoms with van der Waals surface area (Å²) in [6, 6.07) is 4.63. The topological polar surface area (TPSA) is 15.3 Å². The van der Waals surface area contributed by atoms with Crippen LogP contribution >= 0.6 is 0 Å². The molecule has 0 radical (unpaired) electrons. The van der Waals surface area contributed by atoms with Gasteiger partial charge < -0.3 is 10.2 Å². The first-order chi connectivity index (χ1) is 8.91. The molecule has 0 aliphatic carbocycles. The van der Waals surface area contributed by atoms with Crippen LogP contribution in [0.5, 0.6) is 0 Å². The summed E-state index contributed by atoms with van der Waals surface area (Å²) in [5.74, 6) is -1.58. The second-order valence-electron chi connectivity index (χ2n) is 5.28. The fraction of sp³-hybridized carbons (Fsp3) is 0.600. The van der Waals surface area contributed by atoms with Gasteiger partial charge in [0.05, 0.1) is 0 Å². The highest BCUT2D eigenvalue weighted by Crippen LogP contribution is 2.15. The van der Waals surface area contributed by atoms with Gasteiger partial charge in [-0.05, 0) is 65.0 Å². The summed E-state index contributed by atoms with van der Waals surface area (Å²) < 4.78 is 25.9. The summed E-state index contributed by atoms with van der Waals surface area (Å²) >= 11 is 0. The molecule has 0 aliphatic rings. The van der Waals surface area contributed by atoms with E-state index in [0.717, 1.165) is 25.1 Å². The van der Waals surface area contributed by atoms with E-state index < -0.39 is 11.6 Å². The van der Waals surface area contributed by atoms with Crippen molar-refractivity contribution in [1.29, 1.82) is 0 Å². The Morgan fingerprint density at radius 2 is 1.84 bits per heavy atom. The minimum Gasteiger partial charge on any atom is -0.310 e. The lowest BCUT2D eigenvalue weighted by Gasteiger charge is -2.21. The fourth-order valence-electron chi connectivity index (χ4n) is 1.80. The Labute approximate surface area is 114 Å². The van der Waals surface area contributed by atoms with Gasteiger partial charge in [-0.2, -0.15) is 0 Å². The molecule has 0 spiro atoms. The van der Waals surface area contributed by atoms with E-state index in [0.29, 0.717) is 6.04 Å². The fourth-order valence-corrected chi connectivity index (χ4v) is 1.80. The molecule has 1 unspecified atom stereocenters. The van der Waals surface area contributed by atoms with Gasteiger partial charge in [0.1, 0.15) is 0 Å². The van der Waals surface area contributed by atoms with Gasteiger partial charge in [-0.15, -0.1) is 0 Å². The number of nitrogens with one attached hydrogen (secondary N) is 1. The van der Waals surface area contributed by atoms with E-state index in [2.05, 4.69) is 31.1 Å².